The Labute approximate surface area is 136 Å². The van der Waals surface area contributed by atoms with E-state index in [0.717, 1.165) is 31.5 Å². The van der Waals surface area contributed by atoms with E-state index in [-0.39, 0.29) is 0 Å². The fourth-order valence-electron chi connectivity index (χ4n) is 3.30. The minimum absolute atomic E-state index is 0.759. The molecule has 1 aliphatic rings. The molecule has 1 aromatic rings. The predicted molar refractivity (Wildman–Crippen MR) is 95.1 cm³/mol. The first-order chi connectivity index (χ1) is 10.8. The Balaban J connectivity index is 1.78. The third-order valence-electron chi connectivity index (χ3n) is 4.78. The summed E-state index contributed by atoms with van der Waals surface area (Å²) in [5, 5.41) is 0. The number of ether oxygens (including phenoxy) is 1. The molecule has 0 aliphatic heterocycles. The quantitative estimate of drug-likeness (QED) is 0.407. The van der Waals surface area contributed by atoms with Crippen LogP contribution in [0.1, 0.15) is 75.8 Å². The number of rotatable bonds is 8. The summed E-state index contributed by atoms with van der Waals surface area (Å²) in [4.78, 5) is 0. The van der Waals surface area contributed by atoms with Gasteiger partial charge in [-0.15, -0.1) is 0 Å². The molecule has 0 spiro atoms. The van der Waals surface area contributed by atoms with Crippen molar-refractivity contribution in [1.29, 1.82) is 0 Å². The van der Waals surface area contributed by atoms with Gasteiger partial charge >= 0.3 is 0 Å². The summed E-state index contributed by atoms with van der Waals surface area (Å²) in [5.74, 6) is 1.59. The number of allylic oxidation sites excluding steroid dienone is 2. The van der Waals surface area contributed by atoms with Crippen molar-refractivity contribution in [2.45, 2.75) is 71.3 Å². The zero-order chi connectivity index (χ0) is 15.6. The van der Waals surface area contributed by atoms with E-state index in [9.17, 15) is 0 Å². The minimum Gasteiger partial charge on any atom is -0.377 e. The van der Waals surface area contributed by atoms with Crippen molar-refractivity contribution in [3.05, 3.63) is 47.5 Å². The molecule has 0 amide bonds. The molecule has 0 aromatic heterocycles. The van der Waals surface area contributed by atoms with Crippen LogP contribution in [-0.2, 0) is 11.3 Å². The molecule has 1 heteroatoms. The van der Waals surface area contributed by atoms with Gasteiger partial charge in [-0.1, -0.05) is 56.7 Å². The number of hydrogen-bond acceptors (Lipinski definition) is 1. The first-order valence-corrected chi connectivity index (χ1v) is 9.16. The van der Waals surface area contributed by atoms with E-state index in [1.807, 2.05) is 0 Å². The van der Waals surface area contributed by atoms with Crippen LogP contribution < -0.4 is 0 Å². The van der Waals surface area contributed by atoms with Crippen LogP contribution in [0.15, 0.2) is 36.4 Å². The van der Waals surface area contributed by atoms with Crippen LogP contribution in [-0.4, -0.2) is 6.61 Å². The molecule has 0 atom stereocenters. The van der Waals surface area contributed by atoms with Crippen molar-refractivity contribution >= 4 is 0 Å². The monoisotopic (exact) mass is 300 g/mol. The molecule has 1 saturated carbocycles. The SMILES string of the molecule is CCC=CC1CCC(c2ccc(COCCCC)cc2)CC1. The Morgan fingerprint density at radius 2 is 1.77 bits per heavy atom. The Bertz CT molecular complexity index is 424. The van der Waals surface area contributed by atoms with Crippen LogP contribution in [0.5, 0.6) is 0 Å². The van der Waals surface area contributed by atoms with Gasteiger partial charge in [0.15, 0.2) is 0 Å². The van der Waals surface area contributed by atoms with Gasteiger partial charge in [-0.2, -0.15) is 0 Å². The highest BCUT2D eigenvalue weighted by atomic mass is 16.5. The number of unbranched alkanes of at least 4 members (excludes halogenated alkanes) is 1. The Hall–Kier alpha value is -1.08. The first-order valence-electron chi connectivity index (χ1n) is 9.16. The highest BCUT2D eigenvalue weighted by Crippen LogP contribution is 2.36. The van der Waals surface area contributed by atoms with Crippen molar-refractivity contribution in [1.82, 2.24) is 0 Å². The molecule has 1 fully saturated rings. The Kier molecular flexibility index (Phi) is 7.73. The molecule has 122 valence electrons. The molecular formula is C21H32O. The molecule has 0 radical (unpaired) electrons. The van der Waals surface area contributed by atoms with Crippen LogP contribution in [0, 0.1) is 5.92 Å². The second-order valence-corrected chi connectivity index (χ2v) is 6.60. The van der Waals surface area contributed by atoms with Crippen LogP contribution in [0.2, 0.25) is 0 Å². The van der Waals surface area contributed by atoms with Crippen molar-refractivity contribution in [3.8, 4) is 0 Å². The second kappa shape index (κ2) is 9.84. The van der Waals surface area contributed by atoms with E-state index in [4.69, 9.17) is 4.74 Å². The molecule has 2 rings (SSSR count). The maximum atomic E-state index is 5.69. The van der Waals surface area contributed by atoms with E-state index in [1.54, 1.807) is 0 Å². The molecule has 1 aliphatic carbocycles. The van der Waals surface area contributed by atoms with Gasteiger partial charge in [-0.05, 0) is 61.5 Å². The van der Waals surface area contributed by atoms with Gasteiger partial charge in [0.05, 0.1) is 6.61 Å². The summed E-state index contributed by atoms with van der Waals surface area (Å²) in [6.07, 6.45) is 13.7. The minimum atomic E-state index is 0.759. The highest BCUT2D eigenvalue weighted by Gasteiger charge is 2.20. The van der Waals surface area contributed by atoms with E-state index in [1.165, 1.54) is 49.7 Å². The average molecular weight is 300 g/mol. The molecule has 0 heterocycles. The van der Waals surface area contributed by atoms with Crippen molar-refractivity contribution in [3.63, 3.8) is 0 Å². The number of benzene rings is 1. The van der Waals surface area contributed by atoms with Gasteiger partial charge in [0, 0.05) is 6.61 Å². The molecular weight excluding hydrogens is 268 g/mol. The third-order valence-corrected chi connectivity index (χ3v) is 4.78. The lowest BCUT2D eigenvalue weighted by Gasteiger charge is -2.27. The number of hydrogen-bond donors (Lipinski definition) is 0. The fraction of sp³-hybridized carbons (Fsp3) is 0.619. The summed E-state index contributed by atoms with van der Waals surface area (Å²) >= 11 is 0. The standard InChI is InChI=1S/C21H32O/c1-3-5-7-18-8-12-20(13-9-18)21-14-10-19(11-15-21)17-22-16-6-4-2/h5,7,10-11,14-15,18,20H,3-4,6,8-9,12-13,16-17H2,1-2H3. The van der Waals surface area contributed by atoms with Crippen LogP contribution in [0.4, 0.5) is 0 Å². The zero-order valence-electron chi connectivity index (χ0n) is 14.4. The Morgan fingerprint density at radius 1 is 1.05 bits per heavy atom. The van der Waals surface area contributed by atoms with Gasteiger partial charge in [-0.3, -0.25) is 0 Å². The molecule has 1 nitrogen and oxygen atoms in total. The van der Waals surface area contributed by atoms with Gasteiger partial charge in [0.1, 0.15) is 0 Å². The molecule has 0 saturated heterocycles. The van der Waals surface area contributed by atoms with Crippen LogP contribution in [0.25, 0.3) is 0 Å². The van der Waals surface area contributed by atoms with Gasteiger partial charge in [0.25, 0.3) is 0 Å². The normalized spacial score (nSPS) is 22.3. The summed E-state index contributed by atoms with van der Waals surface area (Å²) in [6, 6.07) is 9.16. The molecule has 1 aromatic carbocycles. The van der Waals surface area contributed by atoms with E-state index in [2.05, 4.69) is 50.3 Å². The summed E-state index contributed by atoms with van der Waals surface area (Å²) in [6.45, 7) is 6.06. The average Bonchev–Trinajstić information content (AvgIpc) is 2.58. The lowest BCUT2D eigenvalue weighted by Crippen LogP contribution is -2.11. The fourth-order valence-corrected chi connectivity index (χ4v) is 3.30. The van der Waals surface area contributed by atoms with Crippen LogP contribution in [0.3, 0.4) is 0 Å². The lowest BCUT2D eigenvalue weighted by molar-refractivity contribution is 0.118. The van der Waals surface area contributed by atoms with Crippen molar-refractivity contribution < 1.29 is 4.74 Å². The maximum absolute atomic E-state index is 5.69. The molecule has 0 unspecified atom stereocenters. The van der Waals surface area contributed by atoms with Gasteiger partial charge < -0.3 is 4.74 Å². The molecule has 22 heavy (non-hydrogen) atoms. The van der Waals surface area contributed by atoms with E-state index < -0.39 is 0 Å². The largest absolute Gasteiger partial charge is 0.377 e. The third kappa shape index (κ3) is 5.61. The van der Waals surface area contributed by atoms with E-state index >= 15 is 0 Å². The van der Waals surface area contributed by atoms with Gasteiger partial charge in [0.2, 0.25) is 0 Å². The summed E-state index contributed by atoms with van der Waals surface area (Å²) < 4.78 is 5.69. The maximum Gasteiger partial charge on any atom is 0.0716 e. The van der Waals surface area contributed by atoms with Crippen molar-refractivity contribution in [2.75, 3.05) is 6.61 Å². The predicted octanol–water partition coefficient (Wildman–Crippen LogP) is 6.24. The van der Waals surface area contributed by atoms with E-state index in [0.29, 0.717) is 0 Å². The highest BCUT2D eigenvalue weighted by molar-refractivity contribution is 5.25. The first kappa shape index (κ1) is 17.3. The molecule has 0 N–H and O–H groups in total. The Morgan fingerprint density at radius 3 is 2.41 bits per heavy atom. The van der Waals surface area contributed by atoms with Crippen molar-refractivity contribution in [2.24, 2.45) is 5.92 Å². The summed E-state index contributed by atoms with van der Waals surface area (Å²) in [5.41, 5.74) is 2.83. The lowest BCUT2D eigenvalue weighted by atomic mass is 9.78. The zero-order valence-corrected chi connectivity index (χ0v) is 14.4. The smallest absolute Gasteiger partial charge is 0.0716 e. The second-order valence-electron chi connectivity index (χ2n) is 6.60. The topological polar surface area (TPSA) is 9.23 Å². The molecule has 0 bridgehead atoms. The summed E-state index contributed by atoms with van der Waals surface area (Å²) in [7, 11) is 0. The van der Waals surface area contributed by atoms with Gasteiger partial charge in [-0.25, -0.2) is 0 Å². The van der Waals surface area contributed by atoms with Crippen LogP contribution >= 0.6 is 0 Å².